The van der Waals surface area contributed by atoms with Crippen molar-refractivity contribution < 1.29 is 4.79 Å². The van der Waals surface area contributed by atoms with Gasteiger partial charge in [0.25, 0.3) is 0 Å². The molecule has 2 unspecified atom stereocenters. The Kier molecular flexibility index (Phi) is 4.29. The molecule has 0 heterocycles. The maximum atomic E-state index is 12.8. The van der Waals surface area contributed by atoms with Crippen LogP contribution in [0.5, 0.6) is 0 Å². The minimum absolute atomic E-state index is 0.291. The van der Waals surface area contributed by atoms with Crippen LogP contribution in [0.4, 0.5) is 0 Å². The summed E-state index contributed by atoms with van der Waals surface area (Å²) in [6.45, 7) is 2.50. The second kappa shape index (κ2) is 6.18. The second-order valence-corrected chi connectivity index (χ2v) is 6.97. The lowest BCUT2D eigenvalue weighted by Gasteiger charge is -2.27. The molecular formula is C18H26N2O. The van der Waals surface area contributed by atoms with E-state index in [9.17, 15) is 4.79 Å². The van der Waals surface area contributed by atoms with E-state index in [0.717, 1.165) is 44.3 Å². The summed E-state index contributed by atoms with van der Waals surface area (Å²) in [7, 11) is 4.13. The lowest BCUT2D eigenvalue weighted by molar-refractivity contribution is -0.136. The quantitative estimate of drug-likeness (QED) is 0.802. The molecule has 2 aliphatic carbocycles. The third kappa shape index (κ3) is 3.65. The molecule has 2 aliphatic rings. The second-order valence-electron chi connectivity index (χ2n) is 6.97. The highest BCUT2D eigenvalue weighted by Crippen LogP contribution is 2.54. The predicted molar refractivity (Wildman–Crippen MR) is 84.7 cm³/mol. The standard InChI is InChI=1S/C18H26N2O/c1-19(2)8-9-20(13-14-6-4-3-5-7-14)18(21)17-11-15-10-16(15)12-17/h3-7,15-17H,8-13H2,1-2H3. The van der Waals surface area contributed by atoms with E-state index in [1.54, 1.807) is 0 Å². The van der Waals surface area contributed by atoms with E-state index in [0.29, 0.717) is 11.8 Å². The molecule has 3 rings (SSSR count). The molecule has 0 spiro atoms. The van der Waals surface area contributed by atoms with E-state index < -0.39 is 0 Å². The molecule has 2 saturated carbocycles. The lowest BCUT2D eigenvalue weighted by atomic mass is 10.0. The van der Waals surface area contributed by atoms with Crippen LogP contribution in [0.2, 0.25) is 0 Å². The van der Waals surface area contributed by atoms with E-state index in [4.69, 9.17) is 0 Å². The number of carbonyl (C=O) groups is 1. The van der Waals surface area contributed by atoms with Crippen molar-refractivity contribution in [3.05, 3.63) is 35.9 Å². The smallest absolute Gasteiger partial charge is 0.226 e. The van der Waals surface area contributed by atoms with Crippen molar-refractivity contribution in [2.75, 3.05) is 27.2 Å². The first-order valence-corrected chi connectivity index (χ1v) is 8.11. The van der Waals surface area contributed by atoms with Gasteiger partial charge in [0, 0.05) is 25.6 Å². The zero-order chi connectivity index (χ0) is 14.8. The molecule has 1 aromatic rings. The molecule has 0 radical (unpaired) electrons. The Morgan fingerprint density at radius 1 is 1.05 bits per heavy atom. The summed E-state index contributed by atoms with van der Waals surface area (Å²) in [6.07, 6.45) is 3.65. The molecule has 1 aromatic carbocycles. The van der Waals surface area contributed by atoms with Gasteiger partial charge in [-0.05, 0) is 50.8 Å². The molecule has 2 fully saturated rings. The first-order valence-electron chi connectivity index (χ1n) is 8.11. The molecule has 0 aromatic heterocycles. The van der Waals surface area contributed by atoms with Crippen molar-refractivity contribution >= 4 is 5.91 Å². The summed E-state index contributed by atoms with van der Waals surface area (Å²) < 4.78 is 0. The maximum Gasteiger partial charge on any atom is 0.226 e. The fourth-order valence-corrected chi connectivity index (χ4v) is 3.57. The van der Waals surface area contributed by atoms with Crippen molar-refractivity contribution in [1.29, 1.82) is 0 Å². The molecule has 0 aliphatic heterocycles. The third-order valence-corrected chi connectivity index (χ3v) is 4.94. The summed E-state index contributed by atoms with van der Waals surface area (Å²) in [5.41, 5.74) is 1.23. The lowest BCUT2D eigenvalue weighted by Crippen LogP contribution is -2.39. The Bertz CT molecular complexity index is 475. The first kappa shape index (κ1) is 14.6. The summed E-state index contributed by atoms with van der Waals surface area (Å²) in [4.78, 5) is 17.1. The fourth-order valence-electron chi connectivity index (χ4n) is 3.57. The number of nitrogens with zero attached hydrogens (tertiary/aromatic N) is 2. The Balaban J connectivity index is 1.64. The van der Waals surface area contributed by atoms with Gasteiger partial charge in [-0.3, -0.25) is 4.79 Å². The van der Waals surface area contributed by atoms with Gasteiger partial charge in [0.1, 0.15) is 0 Å². The van der Waals surface area contributed by atoms with Crippen LogP contribution in [-0.4, -0.2) is 42.9 Å². The minimum Gasteiger partial charge on any atom is -0.337 e. The zero-order valence-electron chi connectivity index (χ0n) is 13.2. The summed E-state index contributed by atoms with van der Waals surface area (Å²) in [6, 6.07) is 10.4. The number of rotatable bonds is 6. The molecular weight excluding hydrogens is 260 g/mol. The summed E-state index contributed by atoms with van der Waals surface area (Å²) >= 11 is 0. The molecule has 1 amide bonds. The van der Waals surface area contributed by atoms with Gasteiger partial charge in [-0.15, -0.1) is 0 Å². The highest BCUT2D eigenvalue weighted by Gasteiger charge is 2.48. The number of carbonyl (C=O) groups excluding carboxylic acids is 1. The molecule has 114 valence electrons. The topological polar surface area (TPSA) is 23.6 Å². The number of likely N-dealkylation sites (N-methyl/N-ethyl adjacent to an activating group) is 1. The molecule has 0 bridgehead atoms. The van der Waals surface area contributed by atoms with E-state index in [-0.39, 0.29) is 0 Å². The Labute approximate surface area is 127 Å². The van der Waals surface area contributed by atoms with E-state index >= 15 is 0 Å². The van der Waals surface area contributed by atoms with Gasteiger partial charge in [0.15, 0.2) is 0 Å². The molecule has 2 atom stereocenters. The number of fused-ring (bicyclic) bond motifs is 1. The van der Waals surface area contributed by atoms with Crippen molar-refractivity contribution in [1.82, 2.24) is 9.80 Å². The van der Waals surface area contributed by atoms with Crippen molar-refractivity contribution in [3.8, 4) is 0 Å². The molecule has 21 heavy (non-hydrogen) atoms. The van der Waals surface area contributed by atoms with Gasteiger partial charge >= 0.3 is 0 Å². The largest absolute Gasteiger partial charge is 0.337 e. The SMILES string of the molecule is CN(C)CCN(Cc1ccccc1)C(=O)C1CC2CC2C1. The monoisotopic (exact) mass is 286 g/mol. The van der Waals surface area contributed by atoms with Crippen molar-refractivity contribution in [2.45, 2.75) is 25.8 Å². The van der Waals surface area contributed by atoms with E-state index in [1.807, 2.05) is 6.07 Å². The van der Waals surface area contributed by atoms with Gasteiger partial charge in [-0.2, -0.15) is 0 Å². The van der Waals surface area contributed by atoms with Gasteiger partial charge in [0.05, 0.1) is 0 Å². The number of amides is 1. The number of hydrogen-bond acceptors (Lipinski definition) is 2. The van der Waals surface area contributed by atoms with Gasteiger partial charge in [-0.1, -0.05) is 30.3 Å². The van der Waals surface area contributed by atoms with Crippen LogP contribution in [0.25, 0.3) is 0 Å². The van der Waals surface area contributed by atoms with Crippen LogP contribution in [0.3, 0.4) is 0 Å². The molecule has 3 nitrogen and oxygen atoms in total. The van der Waals surface area contributed by atoms with Gasteiger partial charge in [-0.25, -0.2) is 0 Å². The highest BCUT2D eigenvalue weighted by molar-refractivity contribution is 5.79. The third-order valence-electron chi connectivity index (χ3n) is 4.94. The zero-order valence-corrected chi connectivity index (χ0v) is 13.2. The van der Waals surface area contributed by atoms with Crippen LogP contribution in [0.1, 0.15) is 24.8 Å². The predicted octanol–water partition coefficient (Wildman–Crippen LogP) is 2.62. The minimum atomic E-state index is 0.291. The van der Waals surface area contributed by atoms with Gasteiger partial charge in [0.2, 0.25) is 5.91 Å². The van der Waals surface area contributed by atoms with E-state index in [2.05, 4.69) is 48.2 Å². The van der Waals surface area contributed by atoms with Crippen LogP contribution >= 0.6 is 0 Å². The average molecular weight is 286 g/mol. The van der Waals surface area contributed by atoms with Gasteiger partial charge < -0.3 is 9.80 Å². The number of benzene rings is 1. The average Bonchev–Trinajstić information content (AvgIpc) is 3.10. The highest BCUT2D eigenvalue weighted by atomic mass is 16.2. The summed E-state index contributed by atoms with van der Waals surface area (Å²) in [5.74, 6) is 2.41. The normalized spacial score (nSPS) is 26.7. The van der Waals surface area contributed by atoms with Crippen LogP contribution in [0, 0.1) is 17.8 Å². The Hall–Kier alpha value is -1.35. The van der Waals surface area contributed by atoms with Crippen LogP contribution < -0.4 is 0 Å². The Morgan fingerprint density at radius 3 is 2.33 bits per heavy atom. The first-order chi connectivity index (χ1) is 10.1. The van der Waals surface area contributed by atoms with Crippen LogP contribution in [0.15, 0.2) is 30.3 Å². The molecule has 0 N–H and O–H groups in total. The van der Waals surface area contributed by atoms with Crippen molar-refractivity contribution in [3.63, 3.8) is 0 Å². The Morgan fingerprint density at radius 2 is 1.71 bits per heavy atom. The summed E-state index contributed by atoms with van der Waals surface area (Å²) in [5, 5.41) is 0. The number of hydrogen-bond donors (Lipinski definition) is 0. The van der Waals surface area contributed by atoms with Crippen LogP contribution in [-0.2, 0) is 11.3 Å². The fraction of sp³-hybridized carbons (Fsp3) is 0.611. The molecule has 0 saturated heterocycles. The molecule has 3 heteroatoms. The maximum absolute atomic E-state index is 12.8. The van der Waals surface area contributed by atoms with E-state index in [1.165, 1.54) is 12.0 Å². The van der Waals surface area contributed by atoms with Crippen molar-refractivity contribution in [2.24, 2.45) is 17.8 Å².